The number of carbonyl (C=O) groups is 1. The van der Waals surface area contributed by atoms with E-state index in [9.17, 15) is 13.2 Å². The predicted molar refractivity (Wildman–Crippen MR) is 129 cm³/mol. The average Bonchev–Trinajstić information content (AvgIpc) is 3.12. The number of carbonyl (C=O) groups excluding carboxylic acids is 1. The summed E-state index contributed by atoms with van der Waals surface area (Å²) in [7, 11) is -0.0271. The van der Waals surface area contributed by atoms with Gasteiger partial charge < -0.3 is 14.4 Å². The molecule has 2 aromatic rings. The number of piperazine rings is 1. The van der Waals surface area contributed by atoms with Gasteiger partial charge in [-0.25, -0.2) is 8.42 Å². The monoisotopic (exact) mass is 472 g/mol. The van der Waals surface area contributed by atoms with Crippen LogP contribution in [0.2, 0.25) is 0 Å². The van der Waals surface area contributed by atoms with Crippen LogP contribution in [0.5, 0.6) is 11.5 Å². The van der Waals surface area contributed by atoms with Gasteiger partial charge in [-0.2, -0.15) is 0 Å². The highest BCUT2D eigenvalue weighted by atomic mass is 32.2. The van der Waals surface area contributed by atoms with E-state index >= 15 is 0 Å². The van der Waals surface area contributed by atoms with E-state index < -0.39 is 9.84 Å². The third-order valence-electron chi connectivity index (χ3n) is 6.67. The normalized spacial score (nSPS) is 22.5. The zero-order chi connectivity index (χ0) is 23.8. The molecule has 0 aliphatic carbocycles. The minimum absolute atomic E-state index is 0.00218. The number of amides is 1. The maximum absolute atomic E-state index is 13.2. The second-order valence-electron chi connectivity index (χ2n) is 9.13. The van der Waals surface area contributed by atoms with E-state index in [4.69, 9.17) is 9.47 Å². The van der Waals surface area contributed by atoms with Crippen LogP contribution in [-0.4, -0.2) is 70.1 Å². The predicted octanol–water partition coefficient (Wildman–Crippen LogP) is 2.88. The number of rotatable bonds is 7. The molecule has 0 N–H and O–H groups in total. The molecule has 0 spiro atoms. The zero-order valence-corrected chi connectivity index (χ0v) is 20.5. The van der Waals surface area contributed by atoms with Crippen LogP contribution in [-0.2, 0) is 21.1 Å². The minimum Gasteiger partial charge on any atom is -0.493 e. The van der Waals surface area contributed by atoms with Crippen molar-refractivity contribution in [1.82, 2.24) is 4.90 Å². The molecule has 33 heavy (non-hydrogen) atoms. The van der Waals surface area contributed by atoms with Gasteiger partial charge in [0.1, 0.15) is 0 Å². The first-order chi connectivity index (χ1) is 15.7. The summed E-state index contributed by atoms with van der Waals surface area (Å²) in [6, 6.07) is 13.1. The third-order valence-corrected chi connectivity index (χ3v) is 8.37. The topological polar surface area (TPSA) is 76.2 Å². The lowest BCUT2D eigenvalue weighted by Crippen LogP contribution is -2.62. The average molecular weight is 473 g/mol. The van der Waals surface area contributed by atoms with Crippen molar-refractivity contribution >= 4 is 21.4 Å². The standard InChI is InChI=1S/C25H32N2O5S/c1-17(2)19-6-8-20(9-7-19)27-22-16-33(29,30)15-21(22)26(14-25(27)28)12-11-18-5-10-23(31-3)24(13-18)32-4/h5-10,13,17,21-22H,11-12,14-16H2,1-4H3/t21-,22+/m1/s1. The second kappa shape index (κ2) is 9.35. The molecule has 0 saturated carbocycles. The molecule has 178 valence electrons. The van der Waals surface area contributed by atoms with Gasteiger partial charge in [-0.05, 0) is 47.7 Å². The van der Waals surface area contributed by atoms with Gasteiger partial charge in [0.2, 0.25) is 5.91 Å². The van der Waals surface area contributed by atoms with Gasteiger partial charge in [0, 0.05) is 18.3 Å². The van der Waals surface area contributed by atoms with E-state index in [1.807, 2.05) is 47.4 Å². The maximum atomic E-state index is 13.2. The number of fused-ring (bicyclic) bond motifs is 1. The van der Waals surface area contributed by atoms with Crippen molar-refractivity contribution in [2.45, 2.75) is 38.3 Å². The van der Waals surface area contributed by atoms with Crippen LogP contribution in [0, 0.1) is 0 Å². The van der Waals surface area contributed by atoms with E-state index in [1.54, 1.807) is 19.1 Å². The van der Waals surface area contributed by atoms with Crippen molar-refractivity contribution in [2.24, 2.45) is 0 Å². The van der Waals surface area contributed by atoms with Crippen LogP contribution >= 0.6 is 0 Å². The number of methoxy groups -OCH3 is 2. The molecule has 1 amide bonds. The Bertz CT molecular complexity index is 1110. The number of hydrogen-bond acceptors (Lipinski definition) is 6. The van der Waals surface area contributed by atoms with Gasteiger partial charge >= 0.3 is 0 Å². The van der Waals surface area contributed by atoms with Gasteiger partial charge in [0.15, 0.2) is 21.3 Å². The summed E-state index contributed by atoms with van der Waals surface area (Å²) in [4.78, 5) is 17.0. The van der Waals surface area contributed by atoms with Crippen molar-refractivity contribution in [2.75, 3.05) is 43.7 Å². The van der Waals surface area contributed by atoms with E-state index in [-0.39, 0.29) is 36.0 Å². The molecule has 0 unspecified atom stereocenters. The first-order valence-electron chi connectivity index (χ1n) is 11.3. The Morgan fingerprint density at radius 3 is 2.27 bits per heavy atom. The van der Waals surface area contributed by atoms with Crippen LogP contribution in [0.3, 0.4) is 0 Å². The molecular formula is C25H32N2O5S. The number of benzene rings is 2. The third kappa shape index (κ3) is 4.87. The van der Waals surface area contributed by atoms with Gasteiger partial charge in [0.05, 0.1) is 38.3 Å². The highest BCUT2D eigenvalue weighted by Crippen LogP contribution is 2.33. The molecule has 2 aromatic carbocycles. The van der Waals surface area contributed by atoms with Crippen LogP contribution in [0.1, 0.15) is 30.9 Å². The van der Waals surface area contributed by atoms with Gasteiger partial charge in [0.25, 0.3) is 0 Å². The lowest BCUT2D eigenvalue weighted by molar-refractivity contribution is -0.123. The van der Waals surface area contributed by atoms with E-state index in [0.717, 1.165) is 11.3 Å². The quantitative estimate of drug-likeness (QED) is 0.617. The zero-order valence-electron chi connectivity index (χ0n) is 19.7. The number of nitrogens with zero attached hydrogens (tertiary/aromatic N) is 2. The molecule has 0 radical (unpaired) electrons. The first kappa shape index (κ1) is 23.6. The number of sulfone groups is 1. The van der Waals surface area contributed by atoms with Crippen LogP contribution < -0.4 is 14.4 Å². The summed E-state index contributed by atoms with van der Waals surface area (Å²) in [5.74, 6) is 1.73. The Morgan fingerprint density at radius 2 is 1.64 bits per heavy atom. The van der Waals surface area contributed by atoms with E-state index in [1.165, 1.54) is 5.56 Å². The molecule has 2 heterocycles. The highest BCUT2D eigenvalue weighted by molar-refractivity contribution is 7.91. The molecule has 4 rings (SSSR count). The Balaban J connectivity index is 1.55. The van der Waals surface area contributed by atoms with Crippen molar-refractivity contribution in [3.05, 3.63) is 53.6 Å². The van der Waals surface area contributed by atoms with Gasteiger partial charge in [-0.15, -0.1) is 0 Å². The molecule has 0 bridgehead atoms. The second-order valence-corrected chi connectivity index (χ2v) is 11.3. The molecule has 7 nitrogen and oxygen atoms in total. The van der Waals surface area contributed by atoms with Crippen molar-refractivity contribution in [3.8, 4) is 11.5 Å². The summed E-state index contributed by atoms with van der Waals surface area (Å²) in [6.07, 6.45) is 0.681. The maximum Gasteiger partial charge on any atom is 0.241 e. The molecule has 2 aliphatic rings. The smallest absolute Gasteiger partial charge is 0.241 e. The molecule has 0 aromatic heterocycles. The largest absolute Gasteiger partial charge is 0.493 e. The Morgan fingerprint density at radius 1 is 0.970 bits per heavy atom. The summed E-state index contributed by atoms with van der Waals surface area (Å²) < 4.78 is 35.9. The molecule has 2 saturated heterocycles. The summed E-state index contributed by atoms with van der Waals surface area (Å²) in [5, 5.41) is 0. The Hall–Kier alpha value is -2.58. The molecule has 8 heteroatoms. The number of hydrogen-bond donors (Lipinski definition) is 0. The fraction of sp³-hybridized carbons (Fsp3) is 0.480. The minimum atomic E-state index is -3.22. The van der Waals surface area contributed by atoms with Crippen LogP contribution in [0.15, 0.2) is 42.5 Å². The highest BCUT2D eigenvalue weighted by Gasteiger charge is 2.49. The first-order valence-corrected chi connectivity index (χ1v) is 13.1. The SMILES string of the molecule is COc1ccc(CCN2CC(=O)N(c3ccc(C(C)C)cc3)[C@H]3CS(=O)(=O)C[C@H]32)cc1OC. The summed E-state index contributed by atoms with van der Waals surface area (Å²) in [5.41, 5.74) is 3.01. The fourth-order valence-electron chi connectivity index (χ4n) is 4.87. The Labute approximate surface area is 196 Å². The molecule has 2 atom stereocenters. The van der Waals surface area contributed by atoms with Crippen LogP contribution in [0.25, 0.3) is 0 Å². The van der Waals surface area contributed by atoms with Crippen LogP contribution in [0.4, 0.5) is 5.69 Å². The number of ether oxygens (including phenoxy) is 2. The lowest BCUT2D eigenvalue weighted by Gasteiger charge is -2.43. The number of anilines is 1. The van der Waals surface area contributed by atoms with Crippen molar-refractivity contribution in [3.63, 3.8) is 0 Å². The molecular weight excluding hydrogens is 440 g/mol. The molecule has 2 fully saturated rings. The Kier molecular flexibility index (Phi) is 6.68. The van der Waals surface area contributed by atoms with E-state index in [0.29, 0.717) is 30.4 Å². The van der Waals surface area contributed by atoms with Crippen molar-refractivity contribution in [1.29, 1.82) is 0 Å². The van der Waals surface area contributed by atoms with E-state index in [2.05, 4.69) is 13.8 Å². The van der Waals surface area contributed by atoms with Gasteiger partial charge in [-0.3, -0.25) is 9.69 Å². The fourth-order valence-corrected chi connectivity index (χ4v) is 6.85. The van der Waals surface area contributed by atoms with Crippen molar-refractivity contribution < 1.29 is 22.7 Å². The lowest BCUT2D eigenvalue weighted by atomic mass is 9.99. The van der Waals surface area contributed by atoms with Gasteiger partial charge in [-0.1, -0.05) is 32.0 Å². The molecule has 2 aliphatic heterocycles. The summed E-state index contributed by atoms with van der Waals surface area (Å²) in [6.45, 7) is 5.04. The summed E-state index contributed by atoms with van der Waals surface area (Å²) >= 11 is 0.